The van der Waals surface area contributed by atoms with Gasteiger partial charge in [0, 0.05) is 11.6 Å². The molecule has 0 heterocycles. The molecule has 0 rings (SSSR count). The molecular formula is C13H22O4. The Kier molecular flexibility index (Phi) is 11.4. The molecular weight excluding hydrogens is 220 g/mol. The van der Waals surface area contributed by atoms with Gasteiger partial charge in [-0.05, 0) is 25.7 Å². The van der Waals surface area contributed by atoms with Crippen molar-refractivity contribution in [2.24, 2.45) is 5.92 Å². The maximum absolute atomic E-state index is 10.5. The van der Waals surface area contributed by atoms with E-state index in [1.807, 2.05) is 0 Å². The highest BCUT2D eigenvalue weighted by Gasteiger charge is 1.96. The van der Waals surface area contributed by atoms with Crippen LogP contribution in [0.15, 0.2) is 24.8 Å². The summed E-state index contributed by atoms with van der Waals surface area (Å²) in [6.45, 7) is 12.7. The fourth-order valence-corrected chi connectivity index (χ4v) is 0.723. The molecule has 0 aliphatic heterocycles. The Balaban J connectivity index is 0. The third kappa shape index (κ3) is 17.1. The molecule has 0 aliphatic carbocycles. The van der Waals surface area contributed by atoms with E-state index in [4.69, 9.17) is 9.84 Å². The van der Waals surface area contributed by atoms with Gasteiger partial charge in [0.2, 0.25) is 0 Å². The first-order valence-corrected chi connectivity index (χ1v) is 5.49. The minimum Gasteiger partial charge on any atom is -0.478 e. The number of aliphatic carboxylic acids is 1. The lowest BCUT2D eigenvalue weighted by Gasteiger charge is -2.03. The average molecular weight is 242 g/mol. The van der Waals surface area contributed by atoms with Crippen LogP contribution in [-0.2, 0) is 14.3 Å². The Morgan fingerprint density at radius 2 is 1.88 bits per heavy atom. The molecule has 0 saturated heterocycles. The SMILES string of the molecule is C=C(C)C(=O)O.C=CC(=O)OCCCC(C)C. The van der Waals surface area contributed by atoms with E-state index in [1.165, 1.54) is 13.0 Å². The van der Waals surface area contributed by atoms with Crippen molar-refractivity contribution in [3.63, 3.8) is 0 Å². The lowest BCUT2D eigenvalue weighted by molar-refractivity contribution is -0.138. The predicted octanol–water partition coefficient (Wildman–Crippen LogP) is 2.80. The van der Waals surface area contributed by atoms with Crippen molar-refractivity contribution in [1.82, 2.24) is 0 Å². The van der Waals surface area contributed by atoms with Gasteiger partial charge in [-0.3, -0.25) is 0 Å². The van der Waals surface area contributed by atoms with Gasteiger partial charge in [0.1, 0.15) is 0 Å². The number of carboxylic acids is 1. The van der Waals surface area contributed by atoms with Gasteiger partial charge >= 0.3 is 11.9 Å². The van der Waals surface area contributed by atoms with Crippen molar-refractivity contribution >= 4 is 11.9 Å². The van der Waals surface area contributed by atoms with E-state index in [9.17, 15) is 9.59 Å². The fourth-order valence-electron chi connectivity index (χ4n) is 0.723. The summed E-state index contributed by atoms with van der Waals surface area (Å²) in [4.78, 5) is 20.1. The van der Waals surface area contributed by atoms with Crippen molar-refractivity contribution in [2.75, 3.05) is 6.61 Å². The van der Waals surface area contributed by atoms with Crippen LogP contribution in [0.1, 0.15) is 33.6 Å². The summed E-state index contributed by atoms with van der Waals surface area (Å²) < 4.78 is 4.78. The highest BCUT2D eigenvalue weighted by Crippen LogP contribution is 2.02. The van der Waals surface area contributed by atoms with Gasteiger partial charge in [0.15, 0.2) is 0 Å². The Labute approximate surface area is 103 Å². The molecule has 1 N–H and O–H groups in total. The van der Waals surface area contributed by atoms with Gasteiger partial charge in [0.25, 0.3) is 0 Å². The molecule has 0 aromatic rings. The number of carboxylic acid groups (broad SMARTS) is 1. The van der Waals surface area contributed by atoms with E-state index >= 15 is 0 Å². The molecule has 17 heavy (non-hydrogen) atoms. The molecule has 0 spiro atoms. The average Bonchev–Trinajstić information content (AvgIpc) is 2.24. The Bertz CT molecular complexity index is 255. The molecule has 0 bridgehead atoms. The first-order valence-electron chi connectivity index (χ1n) is 5.49. The number of hydrogen-bond acceptors (Lipinski definition) is 3. The molecule has 0 fully saturated rings. The molecule has 0 saturated carbocycles. The topological polar surface area (TPSA) is 63.6 Å². The van der Waals surface area contributed by atoms with Crippen LogP contribution in [0, 0.1) is 5.92 Å². The monoisotopic (exact) mass is 242 g/mol. The lowest BCUT2D eigenvalue weighted by Crippen LogP contribution is -2.02. The molecule has 98 valence electrons. The van der Waals surface area contributed by atoms with Crippen molar-refractivity contribution < 1.29 is 19.4 Å². The summed E-state index contributed by atoms with van der Waals surface area (Å²) in [7, 11) is 0. The number of esters is 1. The maximum Gasteiger partial charge on any atom is 0.330 e. The standard InChI is InChI=1S/C9H16O2.C4H6O2/c1-4-9(10)11-7-5-6-8(2)3;1-3(2)4(5)6/h4,8H,1,5-7H2,2-3H3;1H2,2H3,(H,5,6). The normalized spacial score (nSPS) is 8.94. The summed E-state index contributed by atoms with van der Waals surface area (Å²) >= 11 is 0. The highest BCUT2D eigenvalue weighted by atomic mass is 16.5. The Morgan fingerprint density at radius 1 is 1.41 bits per heavy atom. The predicted molar refractivity (Wildman–Crippen MR) is 67.7 cm³/mol. The molecule has 0 amide bonds. The van der Waals surface area contributed by atoms with Crippen LogP contribution < -0.4 is 0 Å². The number of rotatable bonds is 6. The van der Waals surface area contributed by atoms with Gasteiger partial charge in [-0.25, -0.2) is 9.59 Å². The number of ether oxygens (including phenoxy) is 1. The van der Waals surface area contributed by atoms with Crippen molar-refractivity contribution in [3.8, 4) is 0 Å². The third-order valence-electron chi connectivity index (χ3n) is 1.70. The largest absolute Gasteiger partial charge is 0.478 e. The van der Waals surface area contributed by atoms with E-state index in [1.54, 1.807) is 0 Å². The Hall–Kier alpha value is -1.58. The van der Waals surface area contributed by atoms with E-state index < -0.39 is 5.97 Å². The van der Waals surface area contributed by atoms with E-state index in [-0.39, 0.29) is 11.5 Å². The van der Waals surface area contributed by atoms with Crippen LogP contribution in [0.3, 0.4) is 0 Å². The zero-order chi connectivity index (χ0) is 13.8. The molecule has 0 atom stereocenters. The van der Waals surface area contributed by atoms with Crippen LogP contribution in [0.25, 0.3) is 0 Å². The van der Waals surface area contributed by atoms with Gasteiger partial charge in [-0.1, -0.05) is 27.0 Å². The lowest BCUT2D eigenvalue weighted by atomic mass is 10.1. The molecule has 0 aromatic carbocycles. The van der Waals surface area contributed by atoms with Crippen LogP contribution in [0.4, 0.5) is 0 Å². The summed E-state index contributed by atoms with van der Waals surface area (Å²) in [5, 5.41) is 7.89. The molecule has 0 aromatic heterocycles. The van der Waals surface area contributed by atoms with Crippen LogP contribution >= 0.6 is 0 Å². The van der Waals surface area contributed by atoms with Crippen molar-refractivity contribution in [2.45, 2.75) is 33.6 Å². The number of carbonyl (C=O) groups excluding carboxylic acids is 1. The third-order valence-corrected chi connectivity index (χ3v) is 1.70. The van der Waals surface area contributed by atoms with E-state index in [0.29, 0.717) is 12.5 Å². The van der Waals surface area contributed by atoms with E-state index in [0.717, 1.165) is 12.8 Å². The number of hydrogen-bond donors (Lipinski definition) is 1. The molecule has 0 unspecified atom stereocenters. The molecule has 4 nitrogen and oxygen atoms in total. The zero-order valence-corrected chi connectivity index (χ0v) is 10.9. The minimum absolute atomic E-state index is 0.176. The fraction of sp³-hybridized carbons (Fsp3) is 0.538. The summed E-state index contributed by atoms with van der Waals surface area (Å²) in [6.07, 6.45) is 3.23. The highest BCUT2D eigenvalue weighted by molar-refractivity contribution is 5.84. The van der Waals surface area contributed by atoms with Gasteiger partial charge in [0.05, 0.1) is 6.61 Å². The second kappa shape index (κ2) is 10.9. The van der Waals surface area contributed by atoms with Crippen molar-refractivity contribution in [3.05, 3.63) is 24.8 Å². The minimum atomic E-state index is -0.935. The first kappa shape index (κ1) is 17.8. The zero-order valence-electron chi connectivity index (χ0n) is 10.9. The van der Waals surface area contributed by atoms with Gasteiger partial charge in [-0.15, -0.1) is 0 Å². The Morgan fingerprint density at radius 3 is 2.18 bits per heavy atom. The smallest absolute Gasteiger partial charge is 0.330 e. The van der Waals surface area contributed by atoms with Gasteiger partial charge in [-0.2, -0.15) is 0 Å². The molecule has 4 heteroatoms. The summed E-state index contributed by atoms with van der Waals surface area (Å²) in [6, 6.07) is 0. The molecule has 0 radical (unpaired) electrons. The first-order chi connectivity index (χ1) is 7.81. The summed E-state index contributed by atoms with van der Waals surface area (Å²) in [5.74, 6) is -0.582. The second-order valence-corrected chi connectivity index (χ2v) is 3.99. The van der Waals surface area contributed by atoms with E-state index in [2.05, 4.69) is 27.0 Å². The maximum atomic E-state index is 10.5. The number of carbonyl (C=O) groups is 2. The summed E-state index contributed by atoms with van der Waals surface area (Å²) in [5.41, 5.74) is 0.176. The molecule has 0 aliphatic rings. The van der Waals surface area contributed by atoms with Crippen LogP contribution in [-0.4, -0.2) is 23.7 Å². The van der Waals surface area contributed by atoms with Crippen LogP contribution in [0.5, 0.6) is 0 Å². The quantitative estimate of drug-likeness (QED) is 0.442. The van der Waals surface area contributed by atoms with Gasteiger partial charge < -0.3 is 9.84 Å². The van der Waals surface area contributed by atoms with Crippen LogP contribution in [0.2, 0.25) is 0 Å². The second-order valence-electron chi connectivity index (χ2n) is 3.99. The van der Waals surface area contributed by atoms with Crippen molar-refractivity contribution in [1.29, 1.82) is 0 Å².